The number of allylic oxidation sites excluding steroid dienone is 1. The molecule has 0 spiro atoms. The molecule has 1 aromatic heterocycles. The summed E-state index contributed by atoms with van der Waals surface area (Å²) in [5.74, 6) is 1.22. The molecule has 2 amide bonds. The van der Waals surface area contributed by atoms with Crippen molar-refractivity contribution in [3.05, 3.63) is 46.9 Å². The second kappa shape index (κ2) is 13.7. The molecule has 0 aromatic carbocycles. The fraction of sp³-hybridized carbons (Fsp3) is 0.607. The van der Waals surface area contributed by atoms with E-state index in [4.69, 9.17) is 20.2 Å². The zero-order valence-electron chi connectivity index (χ0n) is 23.0. The molecule has 2 unspecified atom stereocenters. The normalized spacial score (nSPS) is 20.5. The monoisotopic (exact) mass is 513 g/mol. The molecule has 3 heterocycles. The first-order valence-electron chi connectivity index (χ1n) is 13.4. The average Bonchev–Trinajstić information content (AvgIpc) is 2.90. The molecule has 0 radical (unpaired) electrons. The Morgan fingerprint density at radius 3 is 2.62 bits per heavy atom. The summed E-state index contributed by atoms with van der Waals surface area (Å²) in [6.07, 6.45) is 9.57. The Hall–Kier alpha value is -2.75. The van der Waals surface area contributed by atoms with Crippen molar-refractivity contribution in [2.75, 3.05) is 45.2 Å². The maximum Gasteiger partial charge on any atom is 0.420 e. The van der Waals surface area contributed by atoms with E-state index in [1.165, 1.54) is 12.8 Å². The average molecular weight is 514 g/mol. The Morgan fingerprint density at radius 2 is 2.00 bits per heavy atom. The van der Waals surface area contributed by atoms with Crippen LogP contribution in [0.1, 0.15) is 69.4 Å². The smallest absolute Gasteiger partial charge is 0.410 e. The first-order valence-corrected chi connectivity index (χ1v) is 13.4. The number of unbranched alkanes of at least 4 members (excludes halogenated alkanes) is 1. The molecule has 0 bridgehead atoms. The van der Waals surface area contributed by atoms with Gasteiger partial charge in [-0.25, -0.2) is 9.78 Å². The zero-order valence-corrected chi connectivity index (χ0v) is 23.0. The van der Waals surface area contributed by atoms with Gasteiger partial charge in [-0.15, -0.1) is 0 Å². The molecule has 3 aliphatic rings. The summed E-state index contributed by atoms with van der Waals surface area (Å²) >= 11 is 0. The van der Waals surface area contributed by atoms with Crippen LogP contribution in [0.3, 0.4) is 0 Å². The number of rotatable bonds is 6. The highest BCUT2D eigenvalue weighted by atomic mass is 16.6. The number of nitrogens with zero attached hydrogens (tertiary/aromatic N) is 4. The summed E-state index contributed by atoms with van der Waals surface area (Å²) in [6, 6.07) is 2.03. The van der Waals surface area contributed by atoms with E-state index in [0.717, 1.165) is 36.2 Å². The lowest BCUT2D eigenvalue weighted by Gasteiger charge is -2.34. The van der Waals surface area contributed by atoms with Gasteiger partial charge in [-0.1, -0.05) is 32.8 Å². The molecule has 37 heavy (non-hydrogen) atoms. The van der Waals surface area contributed by atoms with Gasteiger partial charge in [0.15, 0.2) is 0 Å². The molecule has 204 valence electrons. The van der Waals surface area contributed by atoms with Gasteiger partial charge < -0.3 is 20.1 Å². The van der Waals surface area contributed by atoms with Gasteiger partial charge in [0.2, 0.25) is 5.91 Å². The Kier molecular flexibility index (Phi) is 10.7. The molecule has 2 aliphatic heterocycles. The van der Waals surface area contributed by atoms with Gasteiger partial charge in [-0.3, -0.25) is 14.6 Å². The number of aryl methyl sites for hydroxylation is 1. The van der Waals surface area contributed by atoms with Crippen LogP contribution < -0.4 is 10.6 Å². The molecular formula is C28H43N5O4. The number of piperazine rings is 1. The second-order valence-corrected chi connectivity index (χ2v) is 9.93. The number of amides is 2. The third-order valence-corrected chi connectivity index (χ3v) is 6.91. The number of pyridine rings is 1. The van der Waals surface area contributed by atoms with Gasteiger partial charge in [0.1, 0.15) is 11.6 Å². The number of hydrogen-bond donors (Lipinski definition) is 1. The van der Waals surface area contributed by atoms with E-state index < -0.39 is 6.09 Å². The zero-order chi connectivity index (χ0) is 26.9. The highest BCUT2D eigenvalue weighted by Gasteiger charge is 2.30. The van der Waals surface area contributed by atoms with E-state index in [1.54, 1.807) is 18.1 Å². The van der Waals surface area contributed by atoms with Crippen molar-refractivity contribution in [1.82, 2.24) is 14.8 Å². The maximum atomic E-state index is 13.0. The number of nitrogens with two attached hydrogens (primary N) is 1. The molecule has 1 saturated heterocycles. The summed E-state index contributed by atoms with van der Waals surface area (Å²) in [7, 11) is 3.59. The fourth-order valence-corrected chi connectivity index (χ4v) is 4.37. The predicted octanol–water partition coefficient (Wildman–Crippen LogP) is 3.93. The first-order chi connectivity index (χ1) is 17.8. The number of methoxy groups -OCH3 is 1. The summed E-state index contributed by atoms with van der Waals surface area (Å²) in [5.41, 5.74) is 8.54. The molecule has 9 nitrogen and oxygen atoms in total. The van der Waals surface area contributed by atoms with Crippen LogP contribution in [0.25, 0.3) is 0 Å². The highest BCUT2D eigenvalue weighted by Crippen LogP contribution is 2.32. The van der Waals surface area contributed by atoms with E-state index in [2.05, 4.69) is 19.9 Å². The van der Waals surface area contributed by atoms with Crippen molar-refractivity contribution in [1.29, 1.82) is 0 Å². The van der Waals surface area contributed by atoms with Crippen molar-refractivity contribution in [2.24, 2.45) is 5.73 Å². The lowest BCUT2D eigenvalue weighted by molar-refractivity contribution is -0.136. The van der Waals surface area contributed by atoms with Gasteiger partial charge in [-0.2, -0.15) is 0 Å². The van der Waals surface area contributed by atoms with Crippen LogP contribution in [0.4, 0.5) is 10.6 Å². The SMILES string of the molecule is CCCC.COC(C)c1nc2c(cc1CN1CCN(C)CC1=O)CCCN2C(=O)OC1=CCC(N)C=C1. The van der Waals surface area contributed by atoms with Gasteiger partial charge in [0, 0.05) is 39.3 Å². The minimum atomic E-state index is -0.451. The number of anilines is 1. The number of likely N-dealkylation sites (N-methyl/N-ethyl adjacent to an activating group) is 1. The summed E-state index contributed by atoms with van der Waals surface area (Å²) in [5, 5.41) is 0. The van der Waals surface area contributed by atoms with Crippen LogP contribution in [0, 0.1) is 0 Å². The van der Waals surface area contributed by atoms with E-state index in [9.17, 15) is 9.59 Å². The maximum absolute atomic E-state index is 13.0. The van der Waals surface area contributed by atoms with E-state index in [-0.39, 0.29) is 18.1 Å². The molecule has 4 rings (SSSR count). The number of ether oxygens (including phenoxy) is 2. The highest BCUT2D eigenvalue weighted by molar-refractivity contribution is 5.89. The van der Waals surface area contributed by atoms with Gasteiger partial charge >= 0.3 is 6.09 Å². The van der Waals surface area contributed by atoms with Crippen molar-refractivity contribution < 1.29 is 19.1 Å². The Bertz CT molecular complexity index is 1010. The van der Waals surface area contributed by atoms with Crippen LogP contribution in [-0.2, 0) is 27.2 Å². The van der Waals surface area contributed by atoms with Crippen LogP contribution in [0.15, 0.2) is 30.1 Å². The number of carbonyl (C=O) groups is 2. The summed E-state index contributed by atoms with van der Waals surface area (Å²) in [6.45, 7) is 9.25. The van der Waals surface area contributed by atoms with Gasteiger partial charge in [-0.05, 0) is 62.6 Å². The lowest BCUT2D eigenvalue weighted by atomic mass is 10.00. The fourth-order valence-electron chi connectivity index (χ4n) is 4.37. The van der Waals surface area contributed by atoms with Crippen LogP contribution in [0.2, 0.25) is 0 Å². The summed E-state index contributed by atoms with van der Waals surface area (Å²) < 4.78 is 11.2. The molecule has 2 N–H and O–H groups in total. The van der Waals surface area contributed by atoms with Crippen LogP contribution in [0.5, 0.6) is 0 Å². The van der Waals surface area contributed by atoms with Gasteiger partial charge in [0.05, 0.1) is 18.3 Å². The van der Waals surface area contributed by atoms with Gasteiger partial charge in [0.25, 0.3) is 0 Å². The lowest BCUT2D eigenvalue weighted by Crippen LogP contribution is -2.48. The van der Waals surface area contributed by atoms with Crippen molar-refractivity contribution in [3.8, 4) is 0 Å². The minimum absolute atomic E-state index is 0.0477. The number of fused-ring (bicyclic) bond motifs is 1. The number of carbonyl (C=O) groups excluding carboxylic acids is 2. The van der Waals surface area contributed by atoms with Crippen LogP contribution in [-0.4, -0.2) is 73.2 Å². The summed E-state index contributed by atoms with van der Waals surface area (Å²) in [4.78, 5) is 35.9. The molecule has 1 aromatic rings. The molecule has 9 heteroatoms. The molecule has 2 atom stereocenters. The second-order valence-electron chi connectivity index (χ2n) is 9.93. The standard InChI is InChI=1S/C24H33N5O4.C4H10/c1-16(32-3)22-18(14-28-12-11-27(2)15-21(28)30)13-17-5-4-10-29(23(17)26-22)24(31)33-20-8-6-19(25)7-9-20;1-3-4-2/h6,8-9,13,16,19H,4-5,7,10-12,14-15,25H2,1-3H3;3-4H2,1-2H3. The number of aromatic nitrogens is 1. The van der Waals surface area contributed by atoms with Crippen LogP contribution >= 0.6 is 0 Å². The van der Waals surface area contributed by atoms with E-state index in [1.807, 2.05) is 35.9 Å². The largest absolute Gasteiger partial charge is 0.420 e. The van der Waals surface area contributed by atoms with Crippen molar-refractivity contribution in [3.63, 3.8) is 0 Å². The number of hydrogen-bond acceptors (Lipinski definition) is 7. The Morgan fingerprint density at radius 1 is 1.24 bits per heavy atom. The topological polar surface area (TPSA) is 101 Å². The third kappa shape index (κ3) is 7.63. The molecule has 1 fully saturated rings. The van der Waals surface area contributed by atoms with E-state index >= 15 is 0 Å². The van der Waals surface area contributed by atoms with Crippen molar-refractivity contribution >= 4 is 17.8 Å². The molecular weight excluding hydrogens is 470 g/mol. The first kappa shape index (κ1) is 28.8. The molecule has 0 saturated carbocycles. The third-order valence-electron chi connectivity index (χ3n) is 6.91. The minimum Gasteiger partial charge on any atom is -0.410 e. The van der Waals surface area contributed by atoms with Crippen molar-refractivity contribution in [2.45, 2.75) is 71.6 Å². The predicted molar refractivity (Wildman–Crippen MR) is 145 cm³/mol. The quantitative estimate of drug-likeness (QED) is 0.615. The molecule has 1 aliphatic carbocycles. The Labute approximate surface area is 221 Å². The Balaban J connectivity index is 0.000000886. The van der Waals surface area contributed by atoms with E-state index in [0.29, 0.717) is 44.2 Å².